The van der Waals surface area contributed by atoms with Crippen molar-refractivity contribution in [3.05, 3.63) is 89.4 Å². The molecule has 3 rings (SSSR count). The van der Waals surface area contributed by atoms with E-state index >= 15 is 0 Å². The number of nitrogens with zero attached hydrogens (tertiary/aromatic N) is 5. The van der Waals surface area contributed by atoms with Crippen molar-refractivity contribution in [1.29, 1.82) is 5.26 Å². The Morgan fingerprint density at radius 2 is 1.97 bits per heavy atom. The zero-order valence-electron chi connectivity index (χ0n) is 18.8. The second kappa shape index (κ2) is 10.5. The second-order valence-electron chi connectivity index (χ2n) is 7.34. The number of pyridine rings is 3. The van der Waals surface area contributed by atoms with Crippen LogP contribution in [0.5, 0.6) is 0 Å². The molecule has 10 heteroatoms. The van der Waals surface area contributed by atoms with Gasteiger partial charge in [-0.25, -0.2) is 0 Å². The minimum Gasteiger partial charge on any atom is -0.321 e. The molecule has 0 saturated heterocycles. The molecule has 1 N–H and O–H groups in total. The molecule has 0 fully saturated rings. The minimum absolute atomic E-state index is 0.199. The van der Waals surface area contributed by atoms with Crippen LogP contribution in [0.25, 0.3) is 16.7 Å². The third-order valence-electron chi connectivity index (χ3n) is 4.89. The Kier molecular flexibility index (Phi) is 7.51. The maximum atomic E-state index is 12.9. The number of hydrogen-bond acceptors (Lipinski definition) is 6. The van der Waals surface area contributed by atoms with Crippen molar-refractivity contribution in [3.63, 3.8) is 0 Å². The number of halogens is 3. The number of aryl methyl sites for hydroxylation is 1. The maximum absolute atomic E-state index is 12.9. The zero-order valence-corrected chi connectivity index (χ0v) is 18.8. The van der Waals surface area contributed by atoms with Crippen LogP contribution in [0.2, 0.25) is 0 Å². The molecule has 0 unspecified atom stereocenters. The van der Waals surface area contributed by atoms with Crippen molar-refractivity contribution >= 4 is 23.9 Å². The fraction of sp³-hybridized carbons (Fsp3) is 0.120. The van der Waals surface area contributed by atoms with Crippen LogP contribution >= 0.6 is 0 Å². The zero-order chi connectivity index (χ0) is 25.6. The molecule has 176 valence electrons. The van der Waals surface area contributed by atoms with Crippen molar-refractivity contribution in [2.45, 2.75) is 20.0 Å². The topological polar surface area (TPSA) is 104 Å². The number of aromatic nitrogens is 3. The van der Waals surface area contributed by atoms with Crippen LogP contribution in [-0.2, 0) is 6.18 Å². The minimum atomic E-state index is -4.67. The molecule has 0 aliphatic carbocycles. The summed E-state index contributed by atoms with van der Waals surface area (Å²) in [6.45, 7) is 6.91. The van der Waals surface area contributed by atoms with E-state index in [-0.39, 0.29) is 11.3 Å². The molecule has 35 heavy (non-hydrogen) atoms. The average molecular weight is 476 g/mol. The van der Waals surface area contributed by atoms with Crippen LogP contribution in [0.4, 0.5) is 18.9 Å². The van der Waals surface area contributed by atoms with Gasteiger partial charge in [0.1, 0.15) is 11.8 Å². The average Bonchev–Trinajstić information content (AvgIpc) is 2.84. The summed E-state index contributed by atoms with van der Waals surface area (Å²) in [5, 5.41) is 12.2. The van der Waals surface area contributed by atoms with Crippen molar-refractivity contribution in [2.24, 2.45) is 4.99 Å². The van der Waals surface area contributed by atoms with Gasteiger partial charge in [0.15, 0.2) is 0 Å². The molecule has 3 heterocycles. The fourth-order valence-corrected chi connectivity index (χ4v) is 3.16. The molecule has 3 aromatic rings. The van der Waals surface area contributed by atoms with E-state index in [1.807, 2.05) is 6.92 Å². The van der Waals surface area contributed by atoms with E-state index in [4.69, 9.17) is 0 Å². The van der Waals surface area contributed by atoms with E-state index in [1.165, 1.54) is 18.5 Å². The van der Waals surface area contributed by atoms with Gasteiger partial charge in [-0.2, -0.15) is 18.4 Å². The number of carbonyl (C=O) groups is 1. The molecule has 3 aromatic heterocycles. The Balaban J connectivity index is 1.92. The van der Waals surface area contributed by atoms with Gasteiger partial charge in [0.05, 0.1) is 23.1 Å². The van der Waals surface area contributed by atoms with Gasteiger partial charge in [-0.05, 0) is 56.5 Å². The van der Waals surface area contributed by atoms with Gasteiger partial charge in [-0.15, -0.1) is 0 Å². The summed E-state index contributed by atoms with van der Waals surface area (Å²) in [5.74, 6) is -0.747. The highest BCUT2D eigenvalue weighted by atomic mass is 19.4. The van der Waals surface area contributed by atoms with Gasteiger partial charge in [0.25, 0.3) is 5.91 Å². The van der Waals surface area contributed by atoms with Crippen LogP contribution in [0.15, 0.2) is 66.2 Å². The maximum Gasteiger partial charge on any atom is 0.433 e. The van der Waals surface area contributed by atoms with E-state index in [1.54, 1.807) is 37.4 Å². The highest BCUT2D eigenvalue weighted by Gasteiger charge is 2.33. The first-order valence-corrected chi connectivity index (χ1v) is 10.2. The van der Waals surface area contributed by atoms with E-state index in [0.29, 0.717) is 34.1 Å². The molecule has 0 spiro atoms. The van der Waals surface area contributed by atoms with Crippen molar-refractivity contribution in [3.8, 4) is 17.2 Å². The molecule has 0 radical (unpaired) electrons. The summed E-state index contributed by atoms with van der Waals surface area (Å²) >= 11 is 0. The Labute approximate surface area is 199 Å². The monoisotopic (exact) mass is 476 g/mol. The number of rotatable bonds is 6. The van der Waals surface area contributed by atoms with E-state index in [0.717, 1.165) is 11.8 Å². The summed E-state index contributed by atoms with van der Waals surface area (Å²) in [7, 11) is 0. The summed E-state index contributed by atoms with van der Waals surface area (Å²) in [5.41, 5.74) is 2.28. The molecular formula is C25H19F3N6O. The van der Waals surface area contributed by atoms with E-state index < -0.39 is 17.8 Å². The van der Waals surface area contributed by atoms with Gasteiger partial charge >= 0.3 is 6.18 Å². The van der Waals surface area contributed by atoms with Gasteiger partial charge in [-0.3, -0.25) is 24.7 Å². The van der Waals surface area contributed by atoms with Crippen LogP contribution in [0.3, 0.4) is 0 Å². The van der Waals surface area contributed by atoms with Crippen LogP contribution in [-0.4, -0.2) is 27.6 Å². The Bertz CT molecular complexity index is 1390. The number of allylic oxidation sites excluding steroid dienone is 3. The number of nitriles is 1. The Morgan fingerprint density at radius 3 is 2.66 bits per heavy atom. The summed E-state index contributed by atoms with van der Waals surface area (Å²) in [4.78, 5) is 28.1. The molecule has 7 nitrogen and oxygen atoms in total. The lowest BCUT2D eigenvalue weighted by Gasteiger charge is -2.12. The number of amides is 1. The smallest absolute Gasteiger partial charge is 0.321 e. The Morgan fingerprint density at radius 1 is 1.20 bits per heavy atom. The molecule has 1 amide bonds. The quantitative estimate of drug-likeness (QED) is 0.368. The predicted octanol–water partition coefficient (Wildman–Crippen LogP) is 5.61. The third kappa shape index (κ3) is 6.03. The van der Waals surface area contributed by atoms with Crippen molar-refractivity contribution in [2.75, 3.05) is 5.32 Å². The number of anilines is 1. The van der Waals surface area contributed by atoms with Crippen molar-refractivity contribution < 1.29 is 18.0 Å². The molecule has 0 atom stereocenters. The van der Waals surface area contributed by atoms with E-state index in [2.05, 4.69) is 38.0 Å². The molecule has 0 aromatic carbocycles. The van der Waals surface area contributed by atoms with Gasteiger partial charge < -0.3 is 5.32 Å². The number of carbonyl (C=O) groups excluding carboxylic acids is 1. The number of nitrogens with one attached hydrogen (secondary N) is 1. The third-order valence-corrected chi connectivity index (χ3v) is 4.89. The molecule has 0 aliphatic heterocycles. The predicted molar refractivity (Wildman–Crippen MR) is 126 cm³/mol. The highest BCUT2D eigenvalue weighted by molar-refractivity contribution is 6.04. The number of alkyl halides is 3. The first-order valence-electron chi connectivity index (χ1n) is 10.2. The normalized spacial score (nSPS) is 11.8. The fourth-order valence-electron chi connectivity index (χ4n) is 3.16. The lowest BCUT2D eigenvalue weighted by molar-refractivity contribution is -0.141. The second-order valence-corrected chi connectivity index (χ2v) is 7.34. The van der Waals surface area contributed by atoms with E-state index in [9.17, 15) is 23.2 Å². The lowest BCUT2D eigenvalue weighted by atomic mass is 10.0. The molecule has 0 bridgehead atoms. The lowest BCUT2D eigenvalue weighted by Crippen LogP contribution is -2.15. The van der Waals surface area contributed by atoms with Crippen LogP contribution in [0.1, 0.15) is 39.9 Å². The van der Waals surface area contributed by atoms with Gasteiger partial charge in [-0.1, -0.05) is 6.08 Å². The van der Waals surface area contributed by atoms with Crippen molar-refractivity contribution in [1.82, 2.24) is 15.0 Å². The summed E-state index contributed by atoms with van der Waals surface area (Å²) in [6.07, 6.45) is 4.17. The highest BCUT2D eigenvalue weighted by Crippen LogP contribution is 2.29. The SMILES string of the molecule is C=N/C=C\C=C(/C)c1ncc(-c2cc(NC(=O)c3ccnc(C(F)(F)F)c3)cnc2C)cc1C#N. The van der Waals surface area contributed by atoms with Crippen LogP contribution < -0.4 is 5.32 Å². The summed E-state index contributed by atoms with van der Waals surface area (Å²) in [6, 6.07) is 7.27. The first kappa shape index (κ1) is 25.0. The number of aliphatic imine (C=N–C) groups is 1. The summed E-state index contributed by atoms with van der Waals surface area (Å²) < 4.78 is 38.7. The largest absolute Gasteiger partial charge is 0.433 e. The Hall–Kier alpha value is -4.65. The molecule has 0 aliphatic rings. The van der Waals surface area contributed by atoms with Gasteiger partial charge in [0, 0.05) is 41.0 Å². The first-order chi connectivity index (χ1) is 16.6. The standard InChI is InChI=1S/C25H19F3N6O/c1-15(5-4-7-30-3)23-18(12-29)9-19(13-33-23)21-11-20(14-32-16(21)2)34-24(35)17-6-8-31-22(10-17)25(26,27)28/h4-11,13-14H,3H2,1-2H3,(H,34,35)/b7-4-,15-5+. The molecule has 0 saturated carbocycles. The number of hydrogen-bond donors (Lipinski definition) is 1. The van der Waals surface area contributed by atoms with Gasteiger partial charge in [0.2, 0.25) is 0 Å². The van der Waals surface area contributed by atoms with Crippen LogP contribution in [0, 0.1) is 18.3 Å². The molecular weight excluding hydrogens is 457 g/mol.